The Bertz CT molecular complexity index is 666. The third-order valence-corrected chi connectivity index (χ3v) is 3.79. The number of benzene rings is 1. The fourth-order valence-corrected chi connectivity index (χ4v) is 2.97. The van der Waals surface area contributed by atoms with Crippen LogP contribution in [-0.4, -0.2) is 23.5 Å². The summed E-state index contributed by atoms with van der Waals surface area (Å²) in [6, 6.07) is 4.26. The number of aliphatic imine (C=N–C) groups is 2. The summed E-state index contributed by atoms with van der Waals surface area (Å²) in [5.74, 6) is 0.972. The van der Waals surface area contributed by atoms with Gasteiger partial charge in [0.2, 0.25) is 0 Å². The van der Waals surface area contributed by atoms with Crippen molar-refractivity contribution in [2.24, 2.45) is 15.7 Å². The van der Waals surface area contributed by atoms with Crippen LogP contribution < -0.4 is 16.4 Å². The molecule has 3 rings (SSSR count). The third kappa shape index (κ3) is 2.27. The van der Waals surface area contributed by atoms with E-state index < -0.39 is 6.23 Å². The van der Waals surface area contributed by atoms with Crippen molar-refractivity contribution in [2.75, 3.05) is 0 Å². The molecule has 0 fully saturated rings. The Balaban J connectivity index is 2.01. The molecule has 5 N–H and O–H groups in total. The van der Waals surface area contributed by atoms with Crippen LogP contribution in [0.2, 0.25) is 0 Å². The lowest BCUT2D eigenvalue weighted by atomic mass is 9.96. The fourth-order valence-electron chi connectivity index (χ4n) is 2.97. The van der Waals surface area contributed by atoms with Crippen LogP contribution in [0.4, 0.5) is 0 Å². The van der Waals surface area contributed by atoms with Crippen molar-refractivity contribution in [1.82, 2.24) is 10.6 Å². The predicted octanol–water partition coefficient (Wildman–Crippen LogP) is 0.732. The number of nitrogens with one attached hydrogen (secondary N) is 2. The van der Waals surface area contributed by atoms with Gasteiger partial charge >= 0.3 is 0 Å². The van der Waals surface area contributed by atoms with Crippen molar-refractivity contribution in [2.45, 2.75) is 33.2 Å². The Morgan fingerprint density at radius 1 is 1.19 bits per heavy atom. The molecule has 1 aromatic carbocycles. The first-order valence-corrected chi connectivity index (χ1v) is 6.85. The van der Waals surface area contributed by atoms with Gasteiger partial charge in [-0.1, -0.05) is 17.7 Å². The monoisotopic (exact) mass is 285 g/mol. The minimum absolute atomic E-state index is 0.268. The van der Waals surface area contributed by atoms with Gasteiger partial charge < -0.3 is 21.5 Å². The molecule has 2 aliphatic heterocycles. The highest BCUT2D eigenvalue weighted by Crippen LogP contribution is 2.29. The molecule has 2 heterocycles. The maximum absolute atomic E-state index is 9.88. The van der Waals surface area contributed by atoms with E-state index in [1.54, 1.807) is 0 Å². The molecule has 0 saturated heterocycles. The summed E-state index contributed by atoms with van der Waals surface area (Å²) in [5.41, 5.74) is 11.2. The van der Waals surface area contributed by atoms with Crippen molar-refractivity contribution in [3.05, 3.63) is 45.8 Å². The van der Waals surface area contributed by atoms with E-state index in [2.05, 4.69) is 53.5 Å². The Hall–Kier alpha value is -2.34. The highest BCUT2D eigenvalue weighted by molar-refractivity contribution is 6.00. The van der Waals surface area contributed by atoms with Gasteiger partial charge in [0, 0.05) is 5.56 Å². The standard InChI is InChI=1S/C15H19N5O/c1-7-4-8(2)10(9(3)5-7)14-19-12(16)11-13(20-14)17-6-18-15(11)21/h4-6,14-15,20-21H,1-3H3,(H2,16,19)(H,17,18). The topological polar surface area (TPSA) is 95.0 Å². The lowest BCUT2D eigenvalue weighted by Gasteiger charge is -2.31. The van der Waals surface area contributed by atoms with Gasteiger partial charge in [0.05, 0.1) is 11.9 Å². The molecule has 110 valence electrons. The molecule has 0 amide bonds. The number of hydrogen-bond acceptors (Lipinski definition) is 6. The summed E-state index contributed by atoms with van der Waals surface area (Å²) in [7, 11) is 0. The highest BCUT2D eigenvalue weighted by Gasteiger charge is 2.29. The number of nitrogens with two attached hydrogens (primary N) is 1. The Morgan fingerprint density at radius 2 is 1.86 bits per heavy atom. The second-order valence-corrected chi connectivity index (χ2v) is 5.46. The number of hydrogen-bond donors (Lipinski definition) is 4. The molecular weight excluding hydrogens is 266 g/mol. The first-order valence-electron chi connectivity index (χ1n) is 6.85. The van der Waals surface area contributed by atoms with Crippen LogP contribution in [0.3, 0.4) is 0 Å². The Kier molecular flexibility index (Phi) is 3.17. The Morgan fingerprint density at radius 3 is 2.52 bits per heavy atom. The zero-order chi connectivity index (χ0) is 15.1. The van der Waals surface area contributed by atoms with Crippen molar-refractivity contribution >= 4 is 12.2 Å². The number of aryl methyl sites for hydroxylation is 3. The van der Waals surface area contributed by atoms with Crippen LogP contribution in [0.5, 0.6) is 0 Å². The molecule has 2 aliphatic rings. The maximum Gasteiger partial charge on any atom is 0.180 e. The number of amidine groups is 1. The molecule has 0 radical (unpaired) electrons. The lowest BCUT2D eigenvalue weighted by molar-refractivity contribution is 0.221. The number of aliphatic hydroxyl groups excluding tert-OH is 1. The largest absolute Gasteiger partial charge is 0.383 e. The minimum atomic E-state index is -0.973. The SMILES string of the molecule is Cc1cc(C)c(C2N=C(N)C3=C(NC=NC3O)N2)c(C)c1. The van der Waals surface area contributed by atoms with Gasteiger partial charge in [0.25, 0.3) is 0 Å². The molecule has 0 aliphatic carbocycles. The van der Waals surface area contributed by atoms with Crippen molar-refractivity contribution in [3.8, 4) is 0 Å². The van der Waals surface area contributed by atoms with Crippen LogP contribution in [0, 0.1) is 20.8 Å². The van der Waals surface area contributed by atoms with E-state index in [4.69, 9.17) is 5.73 Å². The summed E-state index contributed by atoms with van der Waals surface area (Å²) >= 11 is 0. The molecule has 2 atom stereocenters. The third-order valence-electron chi connectivity index (χ3n) is 3.79. The highest BCUT2D eigenvalue weighted by atomic mass is 16.3. The zero-order valence-electron chi connectivity index (χ0n) is 12.3. The van der Waals surface area contributed by atoms with E-state index in [0.29, 0.717) is 17.2 Å². The molecular formula is C15H19N5O. The second kappa shape index (κ2) is 4.89. The summed E-state index contributed by atoms with van der Waals surface area (Å²) in [6.07, 6.45) is 0.218. The van der Waals surface area contributed by atoms with E-state index in [1.165, 1.54) is 11.9 Å². The summed E-state index contributed by atoms with van der Waals surface area (Å²) < 4.78 is 0. The van der Waals surface area contributed by atoms with Gasteiger partial charge in [0.15, 0.2) is 6.23 Å². The summed E-state index contributed by atoms with van der Waals surface area (Å²) in [4.78, 5) is 8.36. The predicted molar refractivity (Wildman–Crippen MR) is 82.8 cm³/mol. The molecule has 6 heteroatoms. The van der Waals surface area contributed by atoms with Crippen molar-refractivity contribution in [3.63, 3.8) is 0 Å². The Labute approximate surface area is 123 Å². The molecule has 2 unspecified atom stereocenters. The normalized spacial score (nSPS) is 24.1. The van der Waals surface area contributed by atoms with E-state index >= 15 is 0 Å². The summed E-state index contributed by atoms with van der Waals surface area (Å²) in [6.45, 7) is 6.21. The van der Waals surface area contributed by atoms with Crippen molar-refractivity contribution < 1.29 is 5.11 Å². The van der Waals surface area contributed by atoms with E-state index in [1.807, 2.05) is 0 Å². The fraction of sp³-hybridized carbons (Fsp3) is 0.333. The van der Waals surface area contributed by atoms with Gasteiger partial charge in [-0.2, -0.15) is 0 Å². The van der Waals surface area contributed by atoms with Crippen LogP contribution in [0.1, 0.15) is 28.4 Å². The molecule has 0 spiro atoms. The first-order chi connectivity index (χ1) is 9.97. The number of nitrogens with zero attached hydrogens (tertiary/aromatic N) is 2. The van der Waals surface area contributed by atoms with Crippen molar-refractivity contribution in [1.29, 1.82) is 0 Å². The maximum atomic E-state index is 9.88. The van der Waals surface area contributed by atoms with E-state index in [9.17, 15) is 5.11 Å². The molecule has 0 aromatic heterocycles. The van der Waals surface area contributed by atoms with Gasteiger partial charge in [0.1, 0.15) is 17.8 Å². The second-order valence-electron chi connectivity index (χ2n) is 5.46. The van der Waals surface area contributed by atoms with Crippen LogP contribution >= 0.6 is 0 Å². The lowest BCUT2D eigenvalue weighted by Crippen LogP contribution is -2.43. The van der Waals surface area contributed by atoms with Gasteiger partial charge in [-0.15, -0.1) is 0 Å². The molecule has 1 aromatic rings. The van der Waals surface area contributed by atoms with Gasteiger partial charge in [-0.25, -0.2) is 9.98 Å². The van der Waals surface area contributed by atoms with E-state index in [0.717, 1.165) is 16.7 Å². The number of rotatable bonds is 1. The van der Waals surface area contributed by atoms with Crippen LogP contribution in [0.25, 0.3) is 0 Å². The molecule has 0 bridgehead atoms. The van der Waals surface area contributed by atoms with Gasteiger partial charge in [-0.05, 0) is 31.9 Å². The van der Waals surface area contributed by atoms with E-state index in [-0.39, 0.29) is 6.17 Å². The number of aliphatic hydroxyl groups is 1. The minimum Gasteiger partial charge on any atom is -0.383 e. The zero-order valence-corrected chi connectivity index (χ0v) is 12.3. The quantitative estimate of drug-likeness (QED) is 0.612. The molecule has 6 nitrogen and oxygen atoms in total. The summed E-state index contributed by atoms with van der Waals surface area (Å²) in [5, 5.41) is 16.2. The van der Waals surface area contributed by atoms with Gasteiger partial charge in [-0.3, -0.25) is 0 Å². The smallest absolute Gasteiger partial charge is 0.180 e. The average molecular weight is 285 g/mol. The molecule has 0 saturated carbocycles. The van der Waals surface area contributed by atoms with Crippen LogP contribution in [0.15, 0.2) is 33.5 Å². The molecule has 21 heavy (non-hydrogen) atoms. The van der Waals surface area contributed by atoms with Crippen LogP contribution in [-0.2, 0) is 0 Å². The average Bonchev–Trinajstić information content (AvgIpc) is 2.37. The first kappa shape index (κ1) is 13.6.